The quantitative estimate of drug-likeness (QED) is 0.888. The molecule has 1 aromatic carbocycles. The van der Waals surface area contributed by atoms with E-state index < -0.39 is 0 Å². The van der Waals surface area contributed by atoms with E-state index in [9.17, 15) is 0 Å². The minimum Gasteiger partial charge on any atom is -0.490 e. The maximum Gasteiger partial charge on any atom is 0.119 e. The number of halogens is 1. The zero-order valence-electron chi connectivity index (χ0n) is 9.86. The fraction of sp³-hybridized carbons (Fsp3) is 0.571. The largest absolute Gasteiger partial charge is 0.490 e. The molecular formula is C14H18ClNO. The van der Waals surface area contributed by atoms with Crippen molar-refractivity contribution >= 4 is 11.6 Å². The van der Waals surface area contributed by atoms with Gasteiger partial charge in [0.2, 0.25) is 0 Å². The first-order chi connectivity index (χ1) is 8.33. The number of rotatable bonds is 4. The van der Waals surface area contributed by atoms with Gasteiger partial charge < -0.3 is 10.1 Å². The summed E-state index contributed by atoms with van der Waals surface area (Å²) >= 11 is 5.88. The third-order valence-corrected chi connectivity index (χ3v) is 3.99. The van der Waals surface area contributed by atoms with Gasteiger partial charge in [0.25, 0.3) is 0 Å². The average molecular weight is 252 g/mol. The predicted molar refractivity (Wildman–Crippen MR) is 69.6 cm³/mol. The van der Waals surface area contributed by atoms with E-state index in [4.69, 9.17) is 16.3 Å². The van der Waals surface area contributed by atoms with Crippen LogP contribution >= 0.6 is 11.6 Å². The van der Waals surface area contributed by atoms with Crippen LogP contribution < -0.4 is 10.1 Å². The van der Waals surface area contributed by atoms with Crippen molar-refractivity contribution in [2.24, 2.45) is 11.8 Å². The van der Waals surface area contributed by atoms with Crippen molar-refractivity contribution in [3.05, 3.63) is 29.3 Å². The fourth-order valence-corrected chi connectivity index (χ4v) is 2.76. The first-order valence-electron chi connectivity index (χ1n) is 6.46. The van der Waals surface area contributed by atoms with Crippen molar-refractivity contribution in [3.63, 3.8) is 0 Å². The van der Waals surface area contributed by atoms with Crippen LogP contribution in [-0.4, -0.2) is 19.2 Å². The van der Waals surface area contributed by atoms with Gasteiger partial charge in [-0.15, -0.1) is 0 Å². The van der Waals surface area contributed by atoms with Crippen LogP contribution in [0.25, 0.3) is 0 Å². The highest BCUT2D eigenvalue weighted by Gasteiger charge is 2.39. The molecule has 1 saturated heterocycles. The third-order valence-electron chi connectivity index (χ3n) is 3.74. The van der Waals surface area contributed by atoms with Crippen LogP contribution in [0.3, 0.4) is 0 Å². The second-order valence-electron chi connectivity index (χ2n) is 5.13. The monoisotopic (exact) mass is 251 g/mol. The Balaban J connectivity index is 1.69. The summed E-state index contributed by atoms with van der Waals surface area (Å²) in [6, 6.07) is 7.74. The summed E-state index contributed by atoms with van der Waals surface area (Å²) in [5.41, 5.74) is 0. The Morgan fingerprint density at radius 3 is 2.47 bits per heavy atom. The van der Waals surface area contributed by atoms with E-state index in [1.807, 2.05) is 24.3 Å². The Hall–Kier alpha value is -0.730. The van der Waals surface area contributed by atoms with Crippen molar-refractivity contribution in [2.45, 2.75) is 25.4 Å². The minimum absolute atomic E-state index is 0.395. The number of hydrogen-bond acceptors (Lipinski definition) is 2. The van der Waals surface area contributed by atoms with Crippen LogP contribution in [0.2, 0.25) is 5.02 Å². The number of benzene rings is 1. The normalized spacial score (nSPS) is 25.8. The van der Waals surface area contributed by atoms with Gasteiger partial charge in [-0.25, -0.2) is 0 Å². The van der Waals surface area contributed by atoms with Crippen LogP contribution in [0, 0.1) is 11.8 Å². The van der Waals surface area contributed by atoms with Crippen molar-refractivity contribution in [1.82, 2.24) is 5.32 Å². The fourth-order valence-electron chi connectivity index (χ4n) is 2.63. The van der Waals surface area contributed by atoms with Crippen molar-refractivity contribution in [2.75, 3.05) is 13.1 Å². The molecule has 1 saturated carbocycles. The van der Waals surface area contributed by atoms with E-state index in [-0.39, 0.29) is 0 Å². The molecule has 2 aliphatic rings. The zero-order valence-corrected chi connectivity index (χ0v) is 10.6. The summed E-state index contributed by atoms with van der Waals surface area (Å²) in [7, 11) is 0. The lowest BCUT2D eigenvalue weighted by molar-refractivity contribution is 0.121. The molecule has 2 fully saturated rings. The summed E-state index contributed by atoms with van der Waals surface area (Å²) in [6.07, 6.45) is 4.30. The molecule has 1 aliphatic heterocycles. The standard InChI is InChI=1S/C14H18ClNO/c15-12-3-5-13(6-4-12)17-14(10-1-2-10)11-7-8-16-9-11/h3-6,10-11,14,16H,1-2,7-9H2/t11-,14-/m0/s1. The van der Waals surface area contributed by atoms with Gasteiger partial charge in [0.1, 0.15) is 11.9 Å². The lowest BCUT2D eigenvalue weighted by Crippen LogP contribution is -2.30. The molecule has 0 aromatic heterocycles. The molecule has 3 heteroatoms. The number of hydrogen-bond donors (Lipinski definition) is 1. The predicted octanol–water partition coefficient (Wildman–Crippen LogP) is 3.11. The van der Waals surface area contributed by atoms with Gasteiger partial charge in [-0.1, -0.05) is 11.6 Å². The molecule has 0 spiro atoms. The summed E-state index contributed by atoms with van der Waals surface area (Å²) < 4.78 is 6.18. The molecular weight excluding hydrogens is 234 g/mol. The summed E-state index contributed by atoms with van der Waals surface area (Å²) in [4.78, 5) is 0. The Morgan fingerprint density at radius 2 is 1.88 bits per heavy atom. The van der Waals surface area contributed by atoms with Crippen LogP contribution in [0.5, 0.6) is 5.75 Å². The molecule has 0 unspecified atom stereocenters. The second kappa shape index (κ2) is 4.87. The van der Waals surface area contributed by atoms with Gasteiger partial charge in [-0.05, 0) is 56.0 Å². The molecule has 1 aliphatic carbocycles. The molecule has 0 amide bonds. The highest BCUT2D eigenvalue weighted by atomic mass is 35.5. The molecule has 3 rings (SSSR count). The van der Waals surface area contributed by atoms with Crippen LogP contribution in [0.1, 0.15) is 19.3 Å². The van der Waals surface area contributed by atoms with E-state index in [0.717, 1.165) is 29.8 Å². The second-order valence-corrected chi connectivity index (χ2v) is 5.56. The van der Waals surface area contributed by atoms with E-state index in [1.54, 1.807) is 0 Å². The Morgan fingerprint density at radius 1 is 1.12 bits per heavy atom. The van der Waals surface area contributed by atoms with Gasteiger partial charge in [0, 0.05) is 17.5 Å². The first-order valence-corrected chi connectivity index (χ1v) is 6.83. The molecule has 0 bridgehead atoms. The average Bonchev–Trinajstić information content (AvgIpc) is 3.03. The smallest absolute Gasteiger partial charge is 0.119 e. The third kappa shape index (κ3) is 2.75. The first kappa shape index (κ1) is 11.4. The van der Waals surface area contributed by atoms with Gasteiger partial charge in [-0.3, -0.25) is 0 Å². The lowest BCUT2D eigenvalue weighted by atomic mass is 9.97. The van der Waals surface area contributed by atoms with E-state index in [0.29, 0.717) is 12.0 Å². The molecule has 0 radical (unpaired) electrons. The molecule has 17 heavy (non-hydrogen) atoms. The Labute approximate surface area is 107 Å². The molecule has 1 heterocycles. The molecule has 1 N–H and O–H groups in total. The van der Waals surface area contributed by atoms with Crippen LogP contribution in [0.4, 0.5) is 0 Å². The minimum atomic E-state index is 0.395. The number of ether oxygens (including phenoxy) is 1. The van der Waals surface area contributed by atoms with E-state index in [1.165, 1.54) is 19.3 Å². The summed E-state index contributed by atoms with van der Waals surface area (Å²) in [5.74, 6) is 2.41. The van der Waals surface area contributed by atoms with Gasteiger partial charge in [-0.2, -0.15) is 0 Å². The lowest BCUT2D eigenvalue weighted by Gasteiger charge is -2.24. The van der Waals surface area contributed by atoms with Crippen molar-refractivity contribution < 1.29 is 4.74 Å². The highest BCUT2D eigenvalue weighted by Crippen LogP contribution is 2.39. The Bertz CT molecular complexity index is 368. The highest BCUT2D eigenvalue weighted by molar-refractivity contribution is 6.30. The number of nitrogens with one attached hydrogen (secondary N) is 1. The summed E-state index contributed by atoms with van der Waals surface area (Å²) in [6.45, 7) is 2.24. The van der Waals surface area contributed by atoms with E-state index in [2.05, 4.69) is 5.32 Å². The zero-order chi connectivity index (χ0) is 11.7. The SMILES string of the molecule is Clc1ccc(O[C@@H](C2CC2)[C@H]2CCNC2)cc1. The summed E-state index contributed by atoms with van der Waals surface area (Å²) in [5, 5.41) is 4.20. The topological polar surface area (TPSA) is 21.3 Å². The molecule has 2 atom stereocenters. The van der Waals surface area contributed by atoms with Gasteiger partial charge in [0.15, 0.2) is 0 Å². The van der Waals surface area contributed by atoms with Crippen molar-refractivity contribution in [3.8, 4) is 5.75 Å². The van der Waals surface area contributed by atoms with Gasteiger partial charge in [0.05, 0.1) is 0 Å². The molecule has 1 aromatic rings. The van der Waals surface area contributed by atoms with Crippen LogP contribution in [-0.2, 0) is 0 Å². The maximum absolute atomic E-state index is 6.18. The van der Waals surface area contributed by atoms with E-state index >= 15 is 0 Å². The molecule has 92 valence electrons. The van der Waals surface area contributed by atoms with Crippen molar-refractivity contribution in [1.29, 1.82) is 0 Å². The maximum atomic E-state index is 6.18. The Kier molecular flexibility index (Phi) is 3.26. The molecule has 2 nitrogen and oxygen atoms in total. The van der Waals surface area contributed by atoms with Crippen LogP contribution in [0.15, 0.2) is 24.3 Å². The van der Waals surface area contributed by atoms with Gasteiger partial charge >= 0.3 is 0 Å².